The quantitative estimate of drug-likeness (QED) is 0.264. The predicted octanol–water partition coefficient (Wildman–Crippen LogP) is 2.38. The molecular formula is C18H33IN6O2. The van der Waals surface area contributed by atoms with Gasteiger partial charge in [-0.25, -0.2) is 9.78 Å². The minimum absolute atomic E-state index is 0. The third-order valence-electron chi connectivity index (χ3n) is 4.63. The fraction of sp³-hybridized carbons (Fsp3) is 0.722. The Balaban J connectivity index is 0.00000364. The van der Waals surface area contributed by atoms with Crippen LogP contribution in [0.25, 0.3) is 0 Å². The number of ether oxygens (including phenoxy) is 1. The van der Waals surface area contributed by atoms with Crippen molar-refractivity contribution in [2.75, 3.05) is 33.3 Å². The minimum atomic E-state index is -0.207. The molecule has 0 aliphatic carbocycles. The summed E-state index contributed by atoms with van der Waals surface area (Å²) in [5, 5.41) is 6.83. The van der Waals surface area contributed by atoms with Crippen molar-refractivity contribution in [1.29, 1.82) is 0 Å². The molecule has 27 heavy (non-hydrogen) atoms. The topological polar surface area (TPSA) is 83.8 Å². The van der Waals surface area contributed by atoms with E-state index in [2.05, 4.69) is 25.2 Å². The number of guanidine groups is 1. The number of likely N-dealkylation sites (tertiary alicyclic amines) is 1. The number of unbranched alkanes of at least 4 members (excludes halogenated alkanes) is 1. The second-order valence-corrected chi connectivity index (χ2v) is 6.48. The van der Waals surface area contributed by atoms with Crippen molar-refractivity contribution in [1.82, 2.24) is 25.1 Å². The summed E-state index contributed by atoms with van der Waals surface area (Å²) in [5.74, 6) is 1.89. The maximum absolute atomic E-state index is 11.7. The van der Waals surface area contributed by atoms with Gasteiger partial charge in [0.05, 0.1) is 6.61 Å². The second kappa shape index (κ2) is 12.8. The van der Waals surface area contributed by atoms with Crippen molar-refractivity contribution in [2.24, 2.45) is 4.99 Å². The first-order valence-electron chi connectivity index (χ1n) is 9.50. The van der Waals surface area contributed by atoms with Crippen LogP contribution in [0.3, 0.4) is 0 Å². The number of rotatable bonds is 7. The standard InChI is InChI=1S/C18H32N6O2.HI/c1-4-26-18(25)24-12-7-16(8-13-24)22-17(19-3)21-9-5-6-11-23-14-10-20-15(23)2;/h10,14,16H,4-9,11-13H2,1-3H3,(H2,19,21,22);1H. The van der Waals surface area contributed by atoms with Crippen molar-refractivity contribution in [3.63, 3.8) is 0 Å². The van der Waals surface area contributed by atoms with Crippen LogP contribution in [0.2, 0.25) is 0 Å². The molecule has 154 valence electrons. The molecule has 0 aromatic carbocycles. The highest BCUT2D eigenvalue weighted by Gasteiger charge is 2.23. The van der Waals surface area contributed by atoms with E-state index < -0.39 is 0 Å². The maximum atomic E-state index is 11.7. The van der Waals surface area contributed by atoms with Gasteiger partial charge in [0.2, 0.25) is 0 Å². The Bertz CT molecular complexity index is 584. The van der Waals surface area contributed by atoms with Crippen LogP contribution in [0.1, 0.15) is 38.4 Å². The molecule has 0 saturated carbocycles. The highest BCUT2D eigenvalue weighted by Crippen LogP contribution is 2.11. The first-order chi connectivity index (χ1) is 12.6. The number of piperidine rings is 1. The summed E-state index contributed by atoms with van der Waals surface area (Å²) >= 11 is 0. The van der Waals surface area contributed by atoms with Gasteiger partial charge in [0.25, 0.3) is 0 Å². The fourth-order valence-corrected chi connectivity index (χ4v) is 3.06. The largest absolute Gasteiger partial charge is 0.450 e. The van der Waals surface area contributed by atoms with Crippen molar-refractivity contribution in [3.05, 3.63) is 18.2 Å². The first-order valence-corrected chi connectivity index (χ1v) is 9.50. The van der Waals surface area contributed by atoms with Gasteiger partial charge in [-0.3, -0.25) is 4.99 Å². The maximum Gasteiger partial charge on any atom is 0.409 e. The number of amides is 1. The Morgan fingerprint density at radius 1 is 1.37 bits per heavy atom. The molecule has 0 bridgehead atoms. The number of carbonyl (C=O) groups excluding carboxylic acids is 1. The lowest BCUT2D eigenvalue weighted by Gasteiger charge is -2.32. The zero-order valence-corrected chi connectivity index (χ0v) is 18.9. The van der Waals surface area contributed by atoms with Crippen LogP contribution >= 0.6 is 24.0 Å². The van der Waals surface area contributed by atoms with Gasteiger partial charge in [0.15, 0.2) is 5.96 Å². The van der Waals surface area contributed by atoms with Gasteiger partial charge in [-0.15, -0.1) is 24.0 Å². The van der Waals surface area contributed by atoms with E-state index in [0.717, 1.165) is 63.6 Å². The lowest BCUT2D eigenvalue weighted by Crippen LogP contribution is -2.50. The Hall–Kier alpha value is -1.52. The molecule has 2 rings (SSSR count). The van der Waals surface area contributed by atoms with E-state index >= 15 is 0 Å². The molecule has 1 aliphatic rings. The summed E-state index contributed by atoms with van der Waals surface area (Å²) in [4.78, 5) is 22.0. The molecule has 1 aromatic heterocycles. The van der Waals surface area contributed by atoms with E-state index in [1.54, 1.807) is 11.9 Å². The molecule has 1 aromatic rings. The van der Waals surface area contributed by atoms with Crippen LogP contribution in [0, 0.1) is 6.92 Å². The van der Waals surface area contributed by atoms with Crippen LogP contribution in [0.5, 0.6) is 0 Å². The van der Waals surface area contributed by atoms with Crippen molar-refractivity contribution >= 4 is 36.0 Å². The number of hydrogen-bond acceptors (Lipinski definition) is 4. The van der Waals surface area contributed by atoms with E-state index in [9.17, 15) is 4.79 Å². The van der Waals surface area contributed by atoms with Crippen molar-refractivity contribution in [3.8, 4) is 0 Å². The molecule has 1 amide bonds. The van der Waals surface area contributed by atoms with Crippen molar-refractivity contribution < 1.29 is 9.53 Å². The van der Waals surface area contributed by atoms with Crippen molar-refractivity contribution in [2.45, 2.75) is 52.1 Å². The fourth-order valence-electron chi connectivity index (χ4n) is 3.06. The van der Waals surface area contributed by atoms with Crippen LogP contribution in [-0.2, 0) is 11.3 Å². The van der Waals surface area contributed by atoms with Gasteiger partial charge < -0.3 is 24.8 Å². The number of nitrogens with zero attached hydrogens (tertiary/aromatic N) is 4. The summed E-state index contributed by atoms with van der Waals surface area (Å²) in [7, 11) is 1.79. The van der Waals surface area contributed by atoms with Gasteiger partial charge in [-0.2, -0.15) is 0 Å². The Kier molecular flexibility index (Phi) is 11.1. The molecule has 1 aliphatic heterocycles. The van der Waals surface area contributed by atoms with Crippen LogP contribution in [0.4, 0.5) is 4.79 Å². The number of halogens is 1. The molecule has 2 N–H and O–H groups in total. The van der Waals surface area contributed by atoms with Crippen LogP contribution < -0.4 is 10.6 Å². The molecule has 1 saturated heterocycles. The number of imidazole rings is 1. The van der Waals surface area contributed by atoms with Gasteiger partial charge in [-0.1, -0.05) is 0 Å². The molecule has 8 nitrogen and oxygen atoms in total. The summed E-state index contributed by atoms with van der Waals surface area (Å²) in [5.41, 5.74) is 0. The molecule has 0 spiro atoms. The number of nitrogens with one attached hydrogen (secondary N) is 2. The highest BCUT2D eigenvalue weighted by molar-refractivity contribution is 14.0. The molecule has 1 fully saturated rings. The van der Waals surface area contributed by atoms with E-state index in [0.29, 0.717) is 12.6 Å². The van der Waals surface area contributed by atoms with Gasteiger partial charge in [0, 0.05) is 51.7 Å². The molecule has 0 unspecified atom stereocenters. The number of carbonyl (C=O) groups is 1. The molecule has 9 heteroatoms. The monoisotopic (exact) mass is 492 g/mol. The van der Waals surface area contributed by atoms with Crippen LogP contribution in [0.15, 0.2) is 17.4 Å². The Morgan fingerprint density at radius 2 is 2.11 bits per heavy atom. The second-order valence-electron chi connectivity index (χ2n) is 6.48. The highest BCUT2D eigenvalue weighted by atomic mass is 127. The molecule has 0 atom stereocenters. The summed E-state index contributed by atoms with van der Waals surface area (Å²) < 4.78 is 7.22. The number of aryl methyl sites for hydroxylation is 2. The number of aliphatic imine (C=N–C) groups is 1. The molecule has 2 heterocycles. The SMILES string of the molecule is CCOC(=O)N1CCC(NC(=NC)NCCCCn2ccnc2C)CC1.I. The summed E-state index contributed by atoms with van der Waals surface area (Å²) in [6.07, 6.45) is 7.62. The summed E-state index contributed by atoms with van der Waals surface area (Å²) in [6, 6.07) is 0.334. The zero-order chi connectivity index (χ0) is 18.8. The third-order valence-corrected chi connectivity index (χ3v) is 4.63. The lowest BCUT2D eigenvalue weighted by atomic mass is 10.1. The van der Waals surface area contributed by atoms with E-state index in [-0.39, 0.29) is 30.1 Å². The number of hydrogen-bond donors (Lipinski definition) is 2. The van der Waals surface area contributed by atoms with Gasteiger partial charge >= 0.3 is 6.09 Å². The predicted molar refractivity (Wildman–Crippen MR) is 118 cm³/mol. The third kappa shape index (κ3) is 7.94. The zero-order valence-electron chi connectivity index (χ0n) is 16.6. The van der Waals surface area contributed by atoms with Gasteiger partial charge in [0.1, 0.15) is 5.82 Å². The Labute approximate surface area is 179 Å². The van der Waals surface area contributed by atoms with E-state index in [1.165, 1.54) is 0 Å². The average Bonchev–Trinajstić information content (AvgIpc) is 3.06. The van der Waals surface area contributed by atoms with E-state index in [1.807, 2.05) is 26.2 Å². The molecular weight excluding hydrogens is 459 g/mol. The number of aromatic nitrogens is 2. The normalized spacial score (nSPS) is 15.2. The molecule has 0 radical (unpaired) electrons. The minimum Gasteiger partial charge on any atom is -0.450 e. The smallest absolute Gasteiger partial charge is 0.409 e. The van der Waals surface area contributed by atoms with Gasteiger partial charge in [-0.05, 0) is 39.5 Å². The average molecular weight is 492 g/mol. The lowest BCUT2D eigenvalue weighted by molar-refractivity contribution is 0.0963. The summed E-state index contributed by atoms with van der Waals surface area (Å²) in [6.45, 7) is 7.60. The Morgan fingerprint density at radius 3 is 2.70 bits per heavy atom. The van der Waals surface area contributed by atoms with Crippen LogP contribution in [-0.4, -0.2) is 65.8 Å². The van der Waals surface area contributed by atoms with E-state index in [4.69, 9.17) is 4.74 Å². The first kappa shape index (κ1) is 23.5.